The number of rotatable bonds is 2. The van der Waals surface area contributed by atoms with E-state index in [0.717, 1.165) is 37.9 Å². The Morgan fingerprint density at radius 3 is 2.63 bits per heavy atom. The SMILES string of the molecule is CN1CCc2cc(C(=O)C3(C)CC3)ccc2C1.NS. The van der Waals surface area contributed by atoms with Crippen LogP contribution < -0.4 is 5.14 Å². The highest BCUT2D eigenvalue weighted by Gasteiger charge is 2.45. The number of carbonyl (C=O) groups is 1. The van der Waals surface area contributed by atoms with Crippen molar-refractivity contribution in [2.75, 3.05) is 13.6 Å². The van der Waals surface area contributed by atoms with Gasteiger partial charge in [0.2, 0.25) is 0 Å². The van der Waals surface area contributed by atoms with Crippen molar-refractivity contribution in [3.63, 3.8) is 0 Å². The lowest BCUT2D eigenvalue weighted by Gasteiger charge is -2.25. The van der Waals surface area contributed by atoms with Gasteiger partial charge in [-0.25, -0.2) is 0 Å². The van der Waals surface area contributed by atoms with Gasteiger partial charge < -0.3 is 4.90 Å². The van der Waals surface area contributed by atoms with Crippen LogP contribution in [0.5, 0.6) is 0 Å². The summed E-state index contributed by atoms with van der Waals surface area (Å²) in [5.74, 6) is 0.347. The highest BCUT2D eigenvalue weighted by molar-refractivity contribution is 7.77. The number of likely N-dealkylation sites (N-methyl/N-ethyl adjacent to an activating group) is 1. The summed E-state index contributed by atoms with van der Waals surface area (Å²) in [6.45, 7) is 4.20. The molecule has 1 aromatic carbocycles. The molecule has 1 saturated carbocycles. The van der Waals surface area contributed by atoms with Crippen molar-refractivity contribution in [1.82, 2.24) is 4.90 Å². The van der Waals surface area contributed by atoms with E-state index in [1.54, 1.807) is 0 Å². The molecule has 0 radical (unpaired) electrons. The molecular weight excluding hydrogens is 256 g/mol. The molecular formula is C15H22N2OS. The second-order valence-corrected chi connectivity index (χ2v) is 5.86. The molecule has 3 nitrogen and oxygen atoms in total. The molecule has 0 spiro atoms. The third-order valence-electron chi connectivity index (χ3n) is 4.22. The predicted molar refractivity (Wildman–Crippen MR) is 81.3 cm³/mol. The van der Waals surface area contributed by atoms with Gasteiger partial charge in [-0.3, -0.25) is 9.93 Å². The number of hydrogen-bond donors (Lipinski definition) is 2. The van der Waals surface area contributed by atoms with Crippen molar-refractivity contribution < 1.29 is 4.79 Å². The minimum atomic E-state index is -0.0420. The minimum absolute atomic E-state index is 0.0420. The molecule has 1 aliphatic carbocycles. The van der Waals surface area contributed by atoms with Crippen LogP contribution in [0.3, 0.4) is 0 Å². The maximum Gasteiger partial charge on any atom is 0.168 e. The number of Topliss-reactive ketones (excluding diaryl/α,β-unsaturated/α-hetero) is 1. The maximum atomic E-state index is 12.3. The van der Waals surface area contributed by atoms with Gasteiger partial charge >= 0.3 is 0 Å². The Morgan fingerprint density at radius 2 is 2.00 bits per heavy atom. The van der Waals surface area contributed by atoms with Crippen LogP contribution in [0.1, 0.15) is 41.3 Å². The molecule has 1 aromatic rings. The first kappa shape index (κ1) is 14.6. The highest BCUT2D eigenvalue weighted by Crippen LogP contribution is 2.47. The van der Waals surface area contributed by atoms with E-state index in [4.69, 9.17) is 0 Å². The topological polar surface area (TPSA) is 46.3 Å². The van der Waals surface area contributed by atoms with Gasteiger partial charge in [0.15, 0.2) is 5.78 Å². The molecule has 2 N–H and O–H groups in total. The van der Waals surface area contributed by atoms with Crippen molar-refractivity contribution in [2.24, 2.45) is 10.6 Å². The molecule has 0 aromatic heterocycles. The third kappa shape index (κ3) is 3.02. The van der Waals surface area contributed by atoms with Gasteiger partial charge in [0, 0.05) is 24.1 Å². The van der Waals surface area contributed by atoms with Crippen LogP contribution >= 0.6 is 12.8 Å². The molecule has 1 heterocycles. The normalized spacial score (nSPS) is 20.0. The van der Waals surface area contributed by atoms with Gasteiger partial charge in [-0.2, -0.15) is 0 Å². The van der Waals surface area contributed by atoms with Crippen LogP contribution in [0.2, 0.25) is 0 Å². The largest absolute Gasteiger partial charge is 0.302 e. The average Bonchev–Trinajstić information content (AvgIpc) is 3.19. The summed E-state index contributed by atoms with van der Waals surface area (Å²) in [6.07, 6.45) is 3.20. The van der Waals surface area contributed by atoms with E-state index in [9.17, 15) is 4.79 Å². The average molecular weight is 278 g/mol. The van der Waals surface area contributed by atoms with Gasteiger partial charge in [0.25, 0.3) is 0 Å². The zero-order valence-electron chi connectivity index (χ0n) is 11.6. The number of nitrogens with zero attached hydrogens (tertiary/aromatic N) is 1. The van der Waals surface area contributed by atoms with Crippen molar-refractivity contribution >= 4 is 18.6 Å². The lowest BCUT2D eigenvalue weighted by molar-refractivity contribution is 0.0912. The van der Waals surface area contributed by atoms with Gasteiger partial charge in [-0.15, -0.1) is 12.8 Å². The fourth-order valence-corrected chi connectivity index (χ4v) is 2.60. The van der Waals surface area contributed by atoms with Crippen LogP contribution in [0, 0.1) is 5.41 Å². The van der Waals surface area contributed by atoms with Crippen molar-refractivity contribution in [3.05, 3.63) is 34.9 Å². The zero-order valence-corrected chi connectivity index (χ0v) is 12.5. The third-order valence-corrected chi connectivity index (χ3v) is 4.22. The van der Waals surface area contributed by atoms with E-state index in [1.807, 2.05) is 6.07 Å². The number of nitrogens with two attached hydrogens (primary N) is 1. The molecule has 104 valence electrons. The summed E-state index contributed by atoms with van der Waals surface area (Å²) >= 11 is 3.03. The summed E-state index contributed by atoms with van der Waals surface area (Å²) in [6, 6.07) is 6.29. The van der Waals surface area contributed by atoms with Crippen LogP contribution in [0.15, 0.2) is 18.2 Å². The Balaban J connectivity index is 0.000000637. The number of thiol groups is 1. The second-order valence-electron chi connectivity index (χ2n) is 5.86. The molecule has 19 heavy (non-hydrogen) atoms. The van der Waals surface area contributed by atoms with Crippen LogP contribution in [-0.4, -0.2) is 24.3 Å². The molecule has 4 heteroatoms. The summed E-state index contributed by atoms with van der Waals surface area (Å²) in [4.78, 5) is 14.6. The number of ketones is 1. The predicted octanol–water partition coefficient (Wildman–Crippen LogP) is 2.45. The van der Waals surface area contributed by atoms with Gasteiger partial charge in [-0.1, -0.05) is 19.1 Å². The van der Waals surface area contributed by atoms with E-state index >= 15 is 0 Å². The molecule has 0 unspecified atom stereocenters. The van der Waals surface area contributed by atoms with Crippen molar-refractivity contribution in [3.8, 4) is 0 Å². The van der Waals surface area contributed by atoms with Gasteiger partial charge in [0.05, 0.1) is 0 Å². The summed E-state index contributed by atoms with van der Waals surface area (Å²) < 4.78 is 0. The minimum Gasteiger partial charge on any atom is -0.302 e. The molecule has 3 rings (SSSR count). The summed E-state index contributed by atoms with van der Waals surface area (Å²) in [7, 11) is 2.15. The Labute approximate surface area is 120 Å². The van der Waals surface area contributed by atoms with Crippen LogP contribution in [0.25, 0.3) is 0 Å². The quantitative estimate of drug-likeness (QED) is 0.645. The van der Waals surface area contributed by atoms with E-state index in [1.165, 1.54) is 11.1 Å². The molecule has 2 aliphatic rings. The van der Waals surface area contributed by atoms with Crippen LogP contribution in [-0.2, 0) is 13.0 Å². The van der Waals surface area contributed by atoms with E-state index in [2.05, 4.69) is 49.0 Å². The van der Waals surface area contributed by atoms with Gasteiger partial charge in [-0.05, 0) is 43.5 Å². The fraction of sp³-hybridized carbons (Fsp3) is 0.533. The Morgan fingerprint density at radius 1 is 1.32 bits per heavy atom. The van der Waals surface area contributed by atoms with Crippen molar-refractivity contribution in [1.29, 1.82) is 0 Å². The zero-order chi connectivity index (χ0) is 14.0. The molecule has 1 fully saturated rings. The smallest absolute Gasteiger partial charge is 0.168 e. The highest BCUT2D eigenvalue weighted by atomic mass is 32.1. The monoisotopic (exact) mass is 278 g/mol. The molecule has 0 atom stereocenters. The fourth-order valence-electron chi connectivity index (χ4n) is 2.60. The van der Waals surface area contributed by atoms with E-state index in [-0.39, 0.29) is 5.41 Å². The Hall–Kier alpha value is -0.840. The molecule has 0 bridgehead atoms. The first-order valence-electron chi connectivity index (χ1n) is 6.69. The van der Waals surface area contributed by atoms with Crippen LogP contribution in [0.4, 0.5) is 0 Å². The number of benzene rings is 1. The summed E-state index contributed by atoms with van der Waals surface area (Å²) in [5, 5.41) is 4.19. The number of carbonyl (C=O) groups excluding carboxylic acids is 1. The lowest BCUT2D eigenvalue weighted by Crippen LogP contribution is -2.26. The molecule has 0 saturated heterocycles. The summed E-state index contributed by atoms with van der Waals surface area (Å²) in [5.41, 5.74) is 3.64. The second kappa shape index (κ2) is 5.65. The Bertz CT molecular complexity index is 483. The molecule has 1 aliphatic heterocycles. The van der Waals surface area contributed by atoms with E-state index in [0.29, 0.717) is 5.78 Å². The Kier molecular flexibility index (Phi) is 4.33. The number of fused-ring (bicyclic) bond motifs is 1. The first-order valence-corrected chi connectivity index (χ1v) is 7.21. The lowest BCUT2D eigenvalue weighted by atomic mass is 9.91. The van der Waals surface area contributed by atoms with E-state index < -0.39 is 0 Å². The van der Waals surface area contributed by atoms with Gasteiger partial charge in [0.1, 0.15) is 0 Å². The maximum absolute atomic E-state index is 12.3. The standard InChI is InChI=1S/C15H19NO.H3NS/c1-15(6-7-15)14(17)12-3-4-13-10-16(2)8-5-11(13)9-12;1-2/h3-4,9H,5-8,10H2,1-2H3;2H,1H2. The van der Waals surface area contributed by atoms with Crippen molar-refractivity contribution in [2.45, 2.75) is 32.7 Å². The number of hydrogen-bond acceptors (Lipinski definition) is 4. The molecule has 0 amide bonds. The first-order chi connectivity index (χ1) is 9.08.